The highest BCUT2D eigenvalue weighted by Gasteiger charge is 2.20. The molecule has 2 N–H and O–H groups in total. The number of hydrogen-bond acceptors (Lipinski definition) is 4. The Morgan fingerprint density at radius 2 is 2.14 bits per heavy atom. The molecule has 7 heteroatoms. The van der Waals surface area contributed by atoms with Crippen molar-refractivity contribution in [3.8, 4) is 0 Å². The van der Waals surface area contributed by atoms with E-state index in [1.54, 1.807) is 0 Å². The van der Waals surface area contributed by atoms with Crippen LogP contribution in [0.4, 0.5) is 0 Å². The average Bonchev–Trinajstić information content (AvgIpc) is 3.22. The van der Waals surface area contributed by atoms with Gasteiger partial charge in [-0.15, -0.1) is 24.0 Å². The van der Waals surface area contributed by atoms with E-state index in [-0.39, 0.29) is 24.0 Å². The zero-order chi connectivity index (χ0) is 15.1. The normalized spacial score (nSPS) is 14.6. The largest absolute Gasteiger partial charge is 0.444 e. The van der Waals surface area contributed by atoms with Gasteiger partial charge < -0.3 is 19.8 Å². The van der Waals surface area contributed by atoms with Crippen molar-refractivity contribution in [3.63, 3.8) is 0 Å². The lowest BCUT2D eigenvalue weighted by atomic mass is 10.4. The predicted molar refractivity (Wildman–Crippen MR) is 97.8 cm³/mol. The number of halogens is 1. The highest BCUT2D eigenvalue weighted by Crippen LogP contribution is 2.28. The molecule has 1 aromatic heterocycles. The first-order valence-corrected chi connectivity index (χ1v) is 7.72. The number of guanidine groups is 1. The quantitative estimate of drug-likeness (QED) is 0.291. The second kappa shape index (κ2) is 10.0. The molecular weight excluding hydrogens is 395 g/mol. The Labute approximate surface area is 149 Å². The van der Waals surface area contributed by atoms with E-state index in [1.807, 2.05) is 20.8 Å². The smallest absolute Gasteiger partial charge is 0.216 e. The molecule has 1 aliphatic rings. The van der Waals surface area contributed by atoms with E-state index in [0.29, 0.717) is 19.0 Å². The zero-order valence-electron chi connectivity index (χ0n) is 13.6. The Morgan fingerprint density at radius 3 is 2.73 bits per heavy atom. The molecule has 1 aromatic rings. The summed E-state index contributed by atoms with van der Waals surface area (Å²) in [5.41, 5.74) is 0.923. The molecule has 0 aliphatic heterocycles. The number of aliphatic imine (C=N–C) groups is 1. The minimum absolute atomic E-state index is 0. The maximum atomic E-state index is 5.59. The van der Waals surface area contributed by atoms with Crippen LogP contribution < -0.4 is 10.6 Å². The van der Waals surface area contributed by atoms with Gasteiger partial charge in [0.25, 0.3) is 0 Å². The van der Waals surface area contributed by atoms with E-state index in [1.165, 1.54) is 12.8 Å². The number of nitrogens with zero attached hydrogens (tertiary/aromatic N) is 2. The van der Waals surface area contributed by atoms with Crippen molar-refractivity contribution in [2.45, 2.75) is 40.2 Å². The van der Waals surface area contributed by atoms with Crippen molar-refractivity contribution in [1.82, 2.24) is 15.6 Å². The zero-order valence-corrected chi connectivity index (χ0v) is 16.0. The van der Waals surface area contributed by atoms with Gasteiger partial charge >= 0.3 is 0 Å². The second-order valence-electron chi connectivity index (χ2n) is 5.39. The summed E-state index contributed by atoms with van der Waals surface area (Å²) < 4.78 is 11.1. The van der Waals surface area contributed by atoms with Gasteiger partial charge in [0.2, 0.25) is 5.89 Å². The topological polar surface area (TPSA) is 71.7 Å². The first-order chi connectivity index (χ1) is 10.2. The molecule has 0 unspecified atom stereocenters. The average molecular weight is 422 g/mol. The number of aryl methyl sites for hydroxylation is 2. The molecule has 0 saturated heterocycles. The Bertz CT molecular complexity index is 453. The standard InChI is InChI=1S/C15H26N4O2.HI/c1-4-16-15(17-7-8-20-10-13-5-6-13)18-9-14-19-11(2)12(3)21-14;/h13H,4-10H2,1-3H3,(H2,16,17,18);1H. The summed E-state index contributed by atoms with van der Waals surface area (Å²) in [4.78, 5) is 8.79. The first kappa shape index (κ1) is 19.2. The summed E-state index contributed by atoms with van der Waals surface area (Å²) in [6.07, 6.45) is 2.65. The van der Waals surface area contributed by atoms with Gasteiger partial charge in [-0.1, -0.05) is 0 Å². The Hall–Kier alpha value is -0.830. The monoisotopic (exact) mass is 422 g/mol. The van der Waals surface area contributed by atoms with Gasteiger partial charge in [0.15, 0.2) is 5.96 Å². The number of aromatic nitrogens is 1. The van der Waals surface area contributed by atoms with Crippen LogP contribution in [0.2, 0.25) is 0 Å². The minimum atomic E-state index is 0. The third-order valence-electron chi connectivity index (χ3n) is 3.38. The summed E-state index contributed by atoms with van der Waals surface area (Å²) in [6.45, 7) is 9.50. The van der Waals surface area contributed by atoms with Gasteiger partial charge in [-0.3, -0.25) is 0 Å². The van der Waals surface area contributed by atoms with E-state index in [4.69, 9.17) is 9.15 Å². The van der Waals surface area contributed by atoms with Crippen LogP contribution in [0.3, 0.4) is 0 Å². The highest BCUT2D eigenvalue weighted by atomic mass is 127. The molecule has 1 aliphatic carbocycles. The van der Waals surface area contributed by atoms with Crippen LogP contribution in [0.1, 0.15) is 37.1 Å². The van der Waals surface area contributed by atoms with E-state index in [2.05, 4.69) is 20.6 Å². The van der Waals surface area contributed by atoms with E-state index >= 15 is 0 Å². The molecule has 0 spiro atoms. The fourth-order valence-corrected chi connectivity index (χ4v) is 1.87. The third-order valence-corrected chi connectivity index (χ3v) is 3.38. The Kier molecular flexibility index (Phi) is 8.77. The van der Waals surface area contributed by atoms with E-state index < -0.39 is 0 Å². The molecule has 0 radical (unpaired) electrons. The lowest BCUT2D eigenvalue weighted by Gasteiger charge is -2.11. The van der Waals surface area contributed by atoms with E-state index in [0.717, 1.165) is 43.0 Å². The van der Waals surface area contributed by atoms with Crippen molar-refractivity contribution < 1.29 is 9.15 Å². The molecule has 2 rings (SSSR count). The number of ether oxygens (including phenoxy) is 1. The summed E-state index contributed by atoms with van der Waals surface area (Å²) in [6, 6.07) is 0. The molecule has 0 aromatic carbocycles. The van der Waals surface area contributed by atoms with Crippen molar-refractivity contribution in [2.75, 3.05) is 26.3 Å². The van der Waals surface area contributed by atoms with Crippen LogP contribution in [-0.4, -0.2) is 37.2 Å². The van der Waals surface area contributed by atoms with Gasteiger partial charge in [0.1, 0.15) is 12.3 Å². The first-order valence-electron chi connectivity index (χ1n) is 7.72. The van der Waals surface area contributed by atoms with Gasteiger partial charge in [-0.2, -0.15) is 0 Å². The summed E-state index contributed by atoms with van der Waals surface area (Å²) in [5, 5.41) is 6.45. The van der Waals surface area contributed by atoms with Crippen LogP contribution >= 0.6 is 24.0 Å². The maximum absolute atomic E-state index is 5.59. The Balaban J connectivity index is 0.00000242. The molecular formula is C15H27IN4O2. The molecule has 6 nitrogen and oxygen atoms in total. The molecule has 22 heavy (non-hydrogen) atoms. The van der Waals surface area contributed by atoms with Crippen LogP contribution in [0.15, 0.2) is 9.41 Å². The summed E-state index contributed by atoms with van der Waals surface area (Å²) in [5.74, 6) is 3.07. The maximum Gasteiger partial charge on any atom is 0.216 e. The van der Waals surface area contributed by atoms with Crippen LogP contribution in [0.5, 0.6) is 0 Å². The van der Waals surface area contributed by atoms with Gasteiger partial charge in [0.05, 0.1) is 12.3 Å². The fourth-order valence-electron chi connectivity index (χ4n) is 1.87. The number of hydrogen-bond donors (Lipinski definition) is 2. The van der Waals surface area contributed by atoms with E-state index in [9.17, 15) is 0 Å². The molecule has 0 atom stereocenters. The van der Waals surface area contributed by atoms with Crippen molar-refractivity contribution in [2.24, 2.45) is 10.9 Å². The van der Waals surface area contributed by atoms with Crippen LogP contribution in [-0.2, 0) is 11.3 Å². The van der Waals surface area contributed by atoms with Gasteiger partial charge in [-0.25, -0.2) is 9.98 Å². The third kappa shape index (κ3) is 6.95. The molecule has 126 valence electrons. The molecule has 1 fully saturated rings. The summed E-state index contributed by atoms with van der Waals surface area (Å²) >= 11 is 0. The van der Waals surface area contributed by atoms with Crippen molar-refractivity contribution in [3.05, 3.63) is 17.3 Å². The SMILES string of the molecule is CCNC(=NCc1nc(C)c(C)o1)NCCOCC1CC1.I. The fraction of sp³-hybridized carbons (Fsp3) is 0.733. The number of rotatable bonds is 8. The lowest BCUT2D eigenvalue weighted by Crippen LogP contribution is -2.39. The molecule has 0 amide bonds. The molecule has 0 bridgehead atoms. The Morgan fingerprint density at radius 1 is 1.36 bits per heavy atom. The number of nitrogens with one attached hydrogen (secondary N) is 2. The van der Waals surface area contributed by atoms with Crippen LogP contribution in [0.25, 0.3) is 0 Å². The van der Waals surface area contributed by atoms with Crippen LogP contribution in [0, 0.1) is 19.8 Å². The molecule has 1 heterocycles. The summed E-state index contributed by atoms with van der Waals surface area (Å²) in [7, 11) is 0. The molecule has 1 saturated carbocycles. The van der Waals surface area contributed by atoms with Crippen molar-refractivity contribution in [1.29, 1.82) is 0 Å². The lowest BCUT2D eigenvalue weighted by molar-refractivity contribution is 0.129. The minimum Gasteiger partial charge on any atom is -0.444 e. The highest BCUT2D eigenvalue weighted by molar-refractivity contribution is 14.0. The van der Waals surface area contributed by atoms with Crippen molar-refractivity contribution >= 4 is 29.9 Å². The number of oxazole rings is 1. The van der Waals surface area contributed by atoms with Gasteiger partial charge in [-0.05, 0) is 39.5 Å². The predicted octanol–water partition coefficient (Wildman–Crippen LogP) is 2.39. The second-order valence-corrected chi connectivity index (χ2v) is 5.39. The van der Waals surface area contributed by atoms with Gasteiger partial charge in [0, 0.05) is 19.7 Å².